The topological polar surface area (TPSA) is 87.8 Å². The van der Waals surface area contributed by atoms with Crippen molar-refractivity contribution in [3.05, 3.63) is 28.8 Å². The van der Waals surface area contributed by atoms with Crippen LogP contribution in [0, 0.1) is 0 Å². The molecule has 1 amide bonds. The minimum atomic E-state index is -0.743. The summed E-state index contributed by atoms with van der Waals surface area (Å²) >= 11 is 5.87. The summed E-state index contributed by atoms with van der Waals surface area (Å²) < 4.78 is 4.81. The molecule has 1 aromatic rings. The van der Waals surface area contributed by atoms with Crippen molar-refractivity contribution < 1.29 is 14.6 Å². The Balaban J connectivity index is 2.84. The first-order chi connectivity index (χ1) is 8.99. The molecule has 6 nitrogen and oxygen atoms in total. The number of carbonyl (C=O) groups excluding carboxylic acids is 1. The van der Waals surface area contributed by atoms with Crippen molar-refractivity contribution >= 4 is 23.2 Å². The van der Waals surface area contributed by atoms with Gasteiger partial charge in [-0.1, -0.05) is 11.6 Å². The van der Waals surface area contributed by atoms with E-state index in [0.717, 1.165) is 0 Å². The van der Waals surface area contributed by atoms with Crippen molar-refractivity contribution in [1.82, 2.24) is 4.90 Å². The van der Waals surface area contributed by atoms with Crippen molar-refractivity contribution in [3.8, 4) is 0 Å². The number of hydrazine groups is 1. The fraction of sp³-hybridized carbons (Fsp3) is 0.417. The molecule has 1 unspecified atom stereocenters. The first-order valence-electron chi connectivity index (χ1n) is 5.68. The number of ether oxygens (including phenoxy) is 1. The lowest BCUT2D eigenvalue weighted by molar-refractivity contribution is 0.0380. The Kier molecular flexibility index (Phi) is 6.04. The van der Waals surface area contributed by atoms with E-state index in [1.165, 1.54) is 18.1 Å². The van der Waals surface area contributed by atoms with Crippen LogP contribution in [-0.2, 0) is 4.74 Å². The van der Waals surface area contributed by atoms with E-state index < -0.39 is 6.10 Å². The average molecular weight is 288 g/mol. The number of rotatable bonds is 6. The fourth-order valence-corrected chi connectivity index (χ4v) is 1.84. The summed E-state index contributed by atoms with van der Waals surface area (Å²) in [5.74, 6) is 5.07. The lowest BCUT2D eigenvalue weighted by atomic mass is 10.1. The maximum atomic E-state index is 12.2. The van der Waals surface area contributed by atoms with Crippen molar-refractivity contribution in [3.63, 3.8) is 0 Å². The molecular formula is C12H18ClN3O3. The van der Waals surface area contributed by atoms with Crippen LogP contribution in [0.3, 0.4) is 0 Å². The van der Waals surface area contributed by atoms with Crippen LogP contribution in [0.1, 0.15) is 10.4 Å². The van der Waals surface area contributed by atoms with Gasteiger partial charge in [0.2, 0.25) is 0 Å². The molecule has 0 fully saturated rings. The van der Waals surface area contributed by atoms with E-state index in [1.54, 1.807) is 19.2 Å². The van der Waals surface area contributed by atoms with Gasteiger partial charge in [0.1, 0.15) is 0 Å². The van der Waals surface area contributed by atoms with E-state index in [2.05, 4.69) is 5.43 Å². The van der Waals surface area contributed by atoms with Gasteiger partial charge < -0.3 is 20.2 Å². The van der Waals surface area contributed by atoms with Gasteiger partial charge >= 0.3 is 0 Å². The maximum absolute atomic E-state index is 12.2. The molecule has 0 radical (unpaired) electrons. The van der Waals surface area contributed by atoms with Gasteiger partial charge in [-0.15, -0.1) is 0 Å². The largest absolute Gasteiger partial charge is 0.389 e. The summed E-state index contributed by atoms with van der Waals surface area (Å²) in [7, 11) is 3.07. The average Bonchev–Trinajstić information content (AvgIpc) is 2.37. The number of amides is 1. The lowest BCUT2D eigenvalue weighted by Crippen LogP contribution is -2.36. The normalized spacial score (nSPS) is 12.1. The van der Waals surface area contributed by atoms with Crippen molar-refractivity contribution in [2.24, 2.45) is 5.84 Å². The van der Waals surface area contributed by atoms with E-state index in [9.17, 15) is 9.90 Å². The maximum Gasteiger partial charge on any atom is 0.255 e. The van der Waals surface area contributed by atoms with Gasteiger partial charge in [0.05, 0.1) is 24.0 Å². The lowest BCUT2D eigenvalue weighted by Gasteiger charge is -2.21. The Labute approximate surface area is 117 Å². The number of methoxy groups -OCH3 is 1. The monoisotopic (exact) mass is 287 g/mol. The van der Waals surface area contributed by atoms with E-state index >= 15 is 0 Å². The Morgan fingerprint density at radius 3 is 2.89 bits per heavy atom. The van der Waals surface area contributed by atoms with Crippen LogP contribution >= 0.6 is 11.6 Å². The number of anilines is 1. The highest BCUT2D eigenvalue weighted by atomic mass is 35.5. The van der Waals surface area contributed by atoms with E-state index in [1.807, 2.05) is 0 Å². The van der Waals surface area contributed by atoms with Crippen LogP contribution in [0.25, 0.3) is 0 Å². The number of hydrogen-bond acceptors (Lipinski definition) is 5. The number of carbonyl (C=O) groups is 1. The molecular weight excluding hydrogens is 270 g/mol. The van der Waals surface area contributed by atoms with Gasteiger partial charge in [-0.2, -0.15) is 0 Å². The SMILES string of the molecule is COCC(O)CN(C)C(=O)c1cc(Cl)ccc1NN. The Bertz CT molecular complexity index is 442. The highest BCUT2D eigenvalue weighted by Crippen LogP contribution is 2.21. The molecule has 106 valence electrons. The van der Waals surface area contributed by atoms with E-state index in [0.29, 0.717) is 16.3 Å². The minimum absolute atomic E-state index is 0.156. The van der Waals surface area contributed by atoms with Gasteiger partial charge in [0.15, 0.2) is 0 Å². The van der Waals surface area contributed by atoms with E-state index in [-0.39, 0.29) is 19.1 Å². The molecule has 0 saturated heterocycles. The number of aliphatic hydroxyl groups is 1. The van der Waals surface area contributed by atoms with E-state index in [4.69, 9.17) is 22.2 Å². The van der Waals surface area contributed by atoms with Crippen LogP contribution in [-0.4, -0.2) is 49.3 Å². The van der Waals surface area contributed by atoms with Gasteiger partial charge in [-0.05, 0) is 18.2 Å². The molecule has 0 aliphatic carbocycles. The Hall–Kier alpha value is -1.34. The second-order valence-electron chi connectivity index (χ2n) is 4.13. The molecule has 1 aromatic carbocycles. The summed E-state index contributed by atoms with van der Waals surface area (Å²) in [5.41, 5.74) is 3.27. The number of aliphatic hydroxyl groups excluding tert-OH is 1. The predicted octanol–water partition coefficient (Wildman–Crippen LogP) is 0.705. The summed E-state index contributed by atoms with van der Waals surface area (Å²) in [5, 5.41) is 10.0. The standard InChI is InChI=1S/C12H18ClN3O3/c1-16(6-9(17)7-19-2)12(18)10-5-8(13)3-4-11(10)15-14/h3-5,9,15,17H,6-7,14H2,1-2H3. The zero-order valence-corrected chi connectivity index (χ0v) is 11.6. The molecule has 19 heavy (non-hydrogen) atoms. The van der Waals surface area contributed by atoms with Crippen LogP contribution < -0.4 is 11.3 Å². The number of likely N-dealkylation sites (N-methyl/N-ethyl adjacent to an activating group) is 1. The second kappa shape index (κ2) is 7.30. The minimum Gasteiger partial charge on any atom is -0.389 e. The first-order valence-corrected chi connectivity index (χ1v) is 6.06. The molecule has 0 aliphatic rings. The number of nitrogens with two attached hydrogens (primary N) is 1. The third-order valence-corrected chi connectivity index (χ3v) is 2.79. The second-order valence-corrected chi connectivity index (χ2v) is 4.57. The van der Waals surface area contributed by atoms with Crippen molar-refractivity contribution in [1.29, 1.82) is 0 Å². The summed E-state index contributed by atoms with van der Waals surface area (Å²) in [6.45, 7) is 0.318. The smallest absolute Gasteiger partial charge is 0.255 e. The van der Waals surface area contributed by atoms with Crippen molar-refractivity contribution in [2.45, 2.75) is 6.10 Å². The molecule has 0 spiro atoms. The molecule has 7 heteroatoms. The fourth-order valence-electron chi connectivity index (χ4n) is 1.67. The number of halogens is 1. The molecule has 0 bridgehead atoms. The molecule has 0 heterocycles. The third kappa shape index (κ3) is 4.36. The number of hydrogen-bond donors (Lipinski definition) is 3. The van der Waals surface area contributed by atoms with Crippen LogP contribution in [0.4, 0.5) is 5.69 Å². The molecule has 1 rings (SSSR count). The van der Waals surface area contributed by atoms with Crippen molar-refractivity contribution in [2.75, 3.05) is 32.7 Å². The number of benzene rings is 1. The summed E-state index contributed by atoms with van der Waals surface area (Å²) in [4.78, 5) is 13.6. The van der Waals surface area contributed by atoms with Gasteiger partial charge in [-0.25, -0.2) is 0 Å². The highest BCUT2D eigenvalue weighted by molar-refractivity contribution is 6.31. The highest BCUT2D eigenvalue weighted by Gasteiger charge is 2.18. The Morgan fingerprint density at radius 1 is 1.63 bits per heavy atom. The summed E-state index contributed by atoms with van der Waals surface area (Å²) in [6.07, 6.45) is -0.743. The number of nitrogens with one attached hydrogen (secondary N) is 1. The zero-order chi connectivity index (χ0) is 14.4. The van der Waals surface area contributed by atoms with Gasteiger partial charge in [0.25, 0.3) is 5.91 Å². The molecule has 0 aliphatic heterocycles. The first kappa shape index (κ1) is 15.7. The summed E-state index contributed by atoms with van der Waals surface area (Å²) in [6, 6.07) is 4.78. The molecule has 1 atom stereocenters. The third-order valence-electron chi connectivity index (χ3n) is 2.56. The number of nitrogen functional groups attached to an aromatic ring is 1. The molecule has 0 aromatic heterocycles. The van der Waals surface area contributed by atoms with Gasteiger partial charge in [0, 0.05) is 25.7 Å². The van der Waals surface area contributed by atoms with Crippen LogP contribution in [0.2, 0.25) is 5.02 Å². The van der Waals surface area contributed by atoms with Gasteiger partial charge in [-0.3, -0.25) is 10.6 Å². The zero-order valence-electron chi connectivity index (χ0n) is 10.9. The van der Waals surface area contributed by atoms with Crippen LogP contribution in [0.15, 0.2) is 18.2 Å². The Morgan fingerprint density at radius 2 is 2.32 bits per heavy atom. The van der Waals surface area contributed by atoms with Crippen LogP contribution in [0.5, 0.6) is 0 Å². The molecule has 4 N–H and O–H groups in total. The predicted molar refractivity (Wildman–Crippen MR) is 74.1 cm³/mol. The quantitative estimate of drug-likeness (QED) is 0.530. The molecule has 0 saturated carbocycles. The number of nitrogens with zero attached hydrogens (tertiary/aromatic N) is 1.